The highest BCUT2D eigenvalue weighted by atomic mass is 127. The monoisotopic (exact) mass is 498 g/mol. The first kappa shape index (κ1) is 24.4. The highest BCUT2D eigenvalue weighted by Gasteiger charge is 2.12. The molecule has 156 valence electrons. The number of imidazole rings is 1. The highest BCUT2D eigenvalue weighted by Crippen LogP contribution is 2.06. The zero-order valence-electron chi connectivity index (χ0n) is 17.7. The number of benzene rings is 1. The first-order valence-electron chi connectivity index (χ1n) is 9.73. The molecule has 0 saturated carbocycles. The molecule has 0 saturated heterocycles. The van der Waals surface area contributed by atoms with Crippen molar-refractivity contribution in [3.8, 4) is 0 Å². The average molecular weight is 498 g/mol. The summed E-state index contributed by atoms with van der Waals surface area (Å²) in [6.45, 7) is 12.4. The summed E-state index contributed by atoms with van der Waals surface area (Å²) in [5.74, 6) is 0.838. The van der Waals surface area contributed by atoms with Gasteiger partial charge in [0.05, 0.1) is 6.33 Å². The summed E-state index contributed by atoms with van der Waals surface area (Å²) in [6, 6.07) is 9.73. The van der Waals surface area contributed by atoms with Crippen LogP contribution >= 0.6 is 24.0 Å². The van der Waals surface area contributed by atoms with E-state index in [0.717, 1.165) is 32.1 Å². The Morgan fingerprint density at radius 3 is 2.25 bits per heavy atom. The molecule has 0 radical (unpaired) electrons. The van der Waals surface area contributed by atoms with Crippen LogP contribution in [0.25, 0.3) is 0 Å². The van der Waals surface area contributed by atoms with E-state index in [1.807, 2.05) is 19.6 Å². The number of hydrogen-bond acceptors (Lipinski definition) is 3. The molecule has 28 heavy (non-hydrogen) atoms. The Balaban J connectivity index is 0.00000392. The molecule has 0 amide bonds. The molecule has 0 spiro atoms. The lowest BCUT2D eigenvalue weighted by molar-refractivity contribution is 0.178. The Labute approximate surface area is 186 Å². The first-order chi connectivity index (χ1) is 13.0. The molecule has 0 unspecified atom stereocenters. The number of aliphatic imine (C=N–C) groups is 1. The molecule has 2 N–H and O–H groups in total. The predicted octanol–water partition coefficient (Wildman–Crippen LogP) is 3.33. The van der Waals surface area contributed by atoms with Gasteiger partial charge in [-0.05, 0) is 38.8 Å². The maximum Gasteiger partial charge on any atom is 0.191 e. The maximum absolute atomic E-state index is 4.32. The second-order valence-corrected chi connectivity index (χ2v) is 7.33. The summed E-state index contributed by atoms with van der Waals surface area (Å²) in [4.78, 5) is 10.9. The fourth-order valence-electron chi connectivity index (χ4n) is 3.18. The van der Waals surface area contributed by atoms with Gasteiger partial charge in [-0.1, -0.05) is 24.3 Å². The summed E-state index contributed by atoms with van der Waals surface area (Å²) in [5.41, 5.74) is 2.50. The van der Waals surface area contributed by atoms with Gasteiger partial charge < -0.3 is 15.2 Å². The normalized spacial score (nSPS) is 11.8. The van der Waals surface area contributed by atoms with Crippen molar-refractivity contribution in [3.05, 3.63) is 54.1 Å². The number of nitrogens with one attached hydrogen (secondary N) is 2. The lowest BCUT2D eigenvalue weighted by Crippen LogP contribution is -2.45. The topological polar surface area (TPSA) is 57.5 Å². The fourth-order valence-corrected chi connectivity index (χ4v) is 3.18. The predicted molar refractivity (Wildman–Crippen MR) is 128 cm³/mol. The Morgan fingerprint density at radius 2 is 1.71 bits per heavy atom. The molecule has 0 aliphatic rings. The molecule has 1 heterocycles. The number of rotatable bonds is 9. The van der Waals surface area contributed by atoms with Crippen LogP contribution in [0.15, 0.2) is 48.0 Å². The van der Waals surface area contributed by atoms with Crippen molar-refractivity contribution < 1.29 is 0 Å². The molecule has 7 heteroatoms. The maximum atomic E-state index is 4.32. The number of halogens is 1. The Morgan fingerprint density at radius 1 is 1.07 bits per heavy atom. The van der Waals surface area contributed by atoms with Gasteiger partial charge in [0, 0.05) is 57.7 Å². The molecule has 0 fully saturated rings. The van der Waals surface area contributed by atoms with Crippen LogP contribution in [0.2, 0.25) is 0 Å². The molecule has 0 bridgehead atoms. The molecular weight excluding hydrogens is 463 g/mol. The zero-order chi connectivity index (χ0) is 19.6. The van der Waals surface area contributed by atoms with E-state index in [4.69, 9.17) is 0 Å². The second kappa shape index (κ2) is 12.8. The quantitative estimate of drug-likeness (QED) is 0.317. The molecule has 1 aromatic heterocycles. The van der Waals surface area contributed by atoms with E-state index in [2.05, 4.69) is 82.0 Å². The molecule has 1 aromatic carbocycles. The van der Waals surface area contributed by atoms with Crippen LogP contribution in [0.4, 0.5) is 0 Å². The minimum absolute atomic E-state index is 0. The summed E-state index contributed by atoms with van der Waals surface area (Å²) in [5, 5.41) is 6.80. The van der Waals surface area contributed by atoms with Crippen molar-refractivity contribution >= 4 is 29.9 Å². The van der Waals surface area contributed by atoms with E-state index in [1.165, 1.54) is 11.1 Å². The molecule has 6 nitrogen and oxygen atoms in total. The van der Waals surface area contributed by atoms with E-state index in [9.17, 15) is 0 Å². The molecule has 2 rings (SSSR count). The van der Waals surface area contributed by atoms with Crippen LogP contribution in [0.1, 0.15) is 38.8 Å². The SMILES string of the molecule is CN=C(NCCN(C(C)C)C(C)C)NCc1ccc(Cn2ccnc2)cc1.I. The van der Waals surface area contributed by atoms with Crippen LogP contribution in [-0.2, 0) is 13.1 Å². The van der Waals surface area contributed by atoms with Crippen LogP contribution in [0.3, 0.4) is 0 Å². The number of aromatic nitrogens is 2. The van der Waals surface area contributed by atoms with E-state index in [1.54, 1.807) is 6.20 Å². The largest absolute Gasteiger partial charge is 0.355 e. The van der Waals surface area contributed by atoms with Gasteiger partial charge in [-0.25, -0.2) is 4.98 Å². The number of nitrogens with zero attached hydrogens (tertiary/aromatic N) is 4. The number of guanidine groups is 1. The van der Waals surface area contributed by atoms with E-state index in [0.29, 0.717) is 12.1 Å². The van der Waals surface area contributed by atoms with E-state index < -0.39 is 0 Å². The third kappa shape index (κ3) is 8.18. The van der Waals surface area contributed by atoms with Gasteiger partial charge in [0.1, 0.15) is 0 Å². The van der Waals surface area contributed by atoms with Gasteiger partial charge in [0.25, 0.3) is 0 Å². The third-order valence-electron chi connectivity index (χ3n) is 4.62. The van der Waals surface area contributed by atoms with Crippen molar-refractivity contribution in [2.24, 2.45) is 4.99 Å². The molecule has 2 aromatic rings. The van der Waals surface area contributed by atoms with Crippen LogP contribution in [0.5, 0.6) is 0 Å². The minimum Gasteiger partial charge on any atom is -0.355 e. The molecule has 0 atom stereocenters. The number of hydrogen-bond donors (Lipinski definition) is 2. The molecular formula is C21H35IN6. The standard InChI is InChI=1S/C21H34N6.HI/c1-17(2)27(18(3)4)13-11-24-21(22-5)25-14-19-6-8-20(9-7-19)15-26-12-10-23-16-26;/h6-10,12,16-18H,11,13-15H2,1-5H3,(H2,22,24,25);1H. The second-order valence-electron chi connectivity index (χ2n) is 7.33. The van der Waals surface area contributed by atoms with Gasteiger partial charge >= 0.3 is 0 Å². The van der Waals surface area contributed by atoms with Gasteiger partial charge in [0.15, 0.2) is 5.96 Å². The van der Waals surface area contributed by atoms with Gasteiger partial charge in [-0.15, -0.1) is 24.0 Å². The fraction of sp³-hybridized carbons (Fsp3) is 0.524. The highest BCUT2D eigenvalue weighted by molar-refractivity contribution is 14.0. The third-order valence-corrected chi connectivity index (χ3v) is 4.62. The van der Waals surface area contributed by atoms with Crippen molar-refractivity contribution in [1.82, 2.24) is 25.1 Å². The lowest BCUT2D eigenvalue weighted by Gasteiger charge is -2.30. The van der Waals surface area contributed by atoms with Crippen LogP contribution < -0.4 is 10.6 Å². The molecule has 0 aliphatic heterocycles. The van der Waals surface area contributed by atoms with Crippen LogP contribution in [-0.4, -0.2) is 52.6 Å². The van der Waals surface area contributed by atoms with Crippen molar-refractivity contribution in [1.29, 1.82) is 0 Å². The smallest absolute Gasteiger partial charge is 0.191 e. The lowest BCUT2D eigenvalue weighted by atomic mass is 10.1. The minimum atomic E-state index is 0. The summed E-state index contributed by atoms with van der Waals surface area (Å²) in [6.07, 6.45) is 5.62. The Hall–Kier alpha value is -1.61. The van der Waals surface area contributed by atoms with Gasteiger partial charge in [0.2, 0.25) is 0 Å². The summed E-state index contributed by atoms with van der Waals surface area (Å²) < 4.78 is 2.07. The van der Waals surface area contributed by atoms with Crippen molar-refractivity contribution in [3.63, 3.8) is 0 Å². The van der Waals surface area contributed by atoms with E-state index >= 15 is 0 Å². The van der Waals surface area contributed by atoms with Gasteiger partial charge in [-0.3, -0.25) is 9.89 Å². The van der Waals surface area contributed by atoms with Gasteiger partial charge in [-0.2, -0.15) is 0 Å². The Kier molecular flexibility index (Phi) is 11.1. The van der Waals surface area contributed by atoms with Crippen molar-refractivity contribution in [2.45, 2.75) is 52.9 Å². The summed E-state index contributed by atoms with van der Waals surface area (Å²) in [7, 11) is 1.81. The first-order valence-corrected chi connectivity index (χ1v) is 9.73. The van der Waals surface area contributed by atoms with Crippen LogP contribution in [0, 0.1) is 0 Å². The Bertz CT molecular complexity index is 671. The van der Waals surface area contributed by atoms with E-state index in [-0.39, 0.29) is 24.0 Å². The average Bonchev–Trinajstić information content (AvgIpc) is 3.14. The summed E-state index contributed by atoms with van der Waals surface area (Å²) >= 11 is 0. The zero-order valence-corrected chi connectivity index (χ0v) is 20.1. The van der Waals surface area contributed by atoms with Crippen molar-refractivity contribution in [2.75, 3.05) is 20.1 Å². The molecule has 0 aliphatic carbocycles.